The molecule has 0 bridgehead atoms. The number of benzene rings is 1. The number of carbonyl (C=O) groups excluding carboxylic acids is 1. The van der Waals surface area contributed by atoms with Gasteiger partial charge in [0, 0.05) is 29.5 Å². The van der Waals surface area contributed by atoms with Gasteiger partial charge in [-0.05, 0) is 50.3 Å². The summed E-state index contributed by atoms with van der Waals surface area (Å²) in [4.78, 5) is 24.5. The van der Waals surface area contributed by atoms with Crippen molar-refractivity contribution in [3.05, 3.63) is 50.9 Å². The lowest BCUT2D eigenvalue weighted by Gasteiger charge is -2.12. The standard InChI is InChI=1S/C21H22N4O4/c1-12-16(8-7-14-13-4-2-5-15(13)21(27)29-20(12)14)28-11-19(26)22-10-18-24-23-17-6-3-9-25(17)18/h7-8H,2-6,9-11H2,1H3,(H,22,26). The number of hydrogen-bond acceptors (Lipinski definition) is 6. The second kappa shape index (κ2) is 7.02. The highest BCUT2D eigenvalue weighted by Gasteiger charge is 2.22. The van der Waals surface area contributed by atoms with E-state index in [1.54, 1.807) is 0 Å². The molecule has 0 fully saturated rings. The minimum atomic E-state index is -0.260. The number of fused-ring (bicyclic) bond motifs is 4. The van der Waals surface area contributed by atoms with Crippen molar-refractivity contribution in [1.82, 2.24) is 20.1 Å². The molecule has 8 nitrogen and oxygen atoms in total. The van der Waals surface area contributed by atoms with Crippen molar-refractivity contribution in [1.29, 1.82) is 0 Å². The summed E-state index contributed by atoms with van der Waals surface area (Å²) < 4.78 is 13.3. The van der Waals surface area contributed by atoms with Gasteiger partial charge in [0.1, 0.15) is 17.2 Å². The fourth-order valence-corrected chi connectivity index (χ4v) is 4.33. The van der Waals surface area contributed by atoms with Gasteiger partial charge in [-0.3, -0.25) is 4.79 Å². The molecule has 1 aliphatic carbocycles. The fraction of sp³-hybridized carbons (Fsp3) is 0.429. The highest BCUT2D eigenvalue weighted by molar-refractivity contribution is 5.86. The molecule has 3 heterocycles. The van der Waals surface area contributed by atoms with Crippen LogP contribution < -0.4 is 15.7 Å². The molecular formula is C21H22N4O4. The van der Waals surface area contributed by atoms with Crippen LogP contribution in [-0.2, 0) is 37.1 Å². The molecule has 3 aromatic rings. The van der Waals surface area contributed by atoms with Crippen molar-refractivity contribution in [2.75, 3.05) is 6.61 Å². The van der Waals surface area contributed by atoms with Gasteiger partial charge in [0.2, 0.25) is 0 Å². The molecule has 29 heavy (non-hydrogen) atoms. The average Bonchev–Trinajstić information content (AvgIpc) is 3.44. The number of nitrogens with zero attached hydrogens (tertiary/aromatic N) is 3. The van der Waals surface area contributed by atoms with Crippen LogP contribution in [0.2, 0.25) is 0 Å². The van der Waals surface area contributed by atoms with Crippen LogP contribution >= 0.6 is 0 Å². The largest absolute Gasteiger partial charge is 0.483 e. The number of nitrogens with one attached hydrogen (secondary N) is 1. The number of rotatable bonds is 5. The molecule has 1 N–H and O–H groups in total. The van der Waals surface area contributed by atoms with E-state index in [0.29, 0.717) is 17.9 Å². The maximum absolute atomic E-state index is 12.2. The summed E-state index contributed by atoms with van der Waals surface area (Å²) in [5.41, 5.74) is 2.91. The first-order valence-corrected chi connectivity index (χ1v) is 10.0. The molecular weight excluding hydrogens is 372 g/mol. The van der Waals surface area contributed by atoms with Gasteiger partial charge < -0.3 is 19.0 Å². The molecule has 0 spiro atoms. The summed E-state index contributed by atoms with van der Waals surface area (Å²) in [6.07, 6.45) is 4.65. The minimum Gasteiger partial charge on any atom is -0.483 e. The summed E-state index contributed by atoms with van der Waals surface area (Å²) >= 11 is 0. The summed E-state index contributed by atoms with van der Waals surface area (Å²) in [5.74, 6) is 2.04. The summed E-state index contributed by atoms with van der Waals surface area (Å²) in [7, 11) is 0. The Kier molecular flexibility index (Phi) is 4.34. The molecule has 1 aliphatic heterocycles. The quantitative estimate of drug-likeness (QED) is 0.663. The van der Waals surface area contributed by atoms with Crippen LogP contribution in [0.3, 0.4) is 0 Å². The van der Waals surface area contributed by atoms with Crippen LogP contribution in [-0.4, -0.2) is 27.3 Å². The zero-order valence-corrected chi connectivity index (χ0v) is 16.3. The normalized spacial score (nSPS) is 14.8. The number of ether oxygens (including phenoxy) is 1. The Morgan fingerprint density at radius 1 is 1.21 bits per heavy atom. The summed E-state index contributed by atoms with van der Waals surface area (Å²) in [6.45, 7) is 2.95. The Morgan fingerprint density at radius 3 is 2.97 bits per heavy atom. The van der Waals surface area contributed by atoms with Gasteiger partial charge in [0.05, 0.1) is 6.54 Å². The minimum absolute atomic E-state index is 0.123. The van der Waals surface area contributed by atoms with Gasteiger partial charge in [-0.1, -0.05) is 0 Å². The van der Waals surface area contributed by atoms with E-state index < -0.39 is 0 Å². The number of aryl methyl sites for hydroxylation is 3. The SMILES string of the molecule is Cc1c(OCC(=O)NCc2nnc3n2CCC3)ccc2c3c(c(=O)oc12)CCC3. The molecule has 150 valence electrons. The predicted molar refractivity (Wildman–Crippen MR) is 105 cm³/mol. The Balaban J connectivity index is 1.28. The zero-order chi connectivity index (χ0) is 20.0. The van der Waals surface area contributed by atoms with Crippen LogP contribution in [0, 0.1) is 6.92 Å². The smallest absolute Gasteiger partial charge is 0.339 e. The molecule has 0 saturated carbocycles. The Labute approximate surface area is 166 Å². The van der Waals surface area contributed by atoms with E-state index >= 15 is 0 Å². The highest BCUT2D eigenvalue weighted by atomic mass is 16.5. The van der Waals surface area contributed by atoms with Crippen molar-refractivity contribution >= 4 is 16.9 Å². The molecule has 2 aliphatic rings. The third kappa shape index (κ3) is 3.08. The van der Waals surface area contributed by atoms with E-state index in [9.17, 15) is 9.59 Å². The molecule has 1 amide bonds. The van der Waals surface area contributed by atoms with Crippen LogP contribution in [0.4, 0.5) is 0 Å². The van der Waals surface area contributed by atoms with E-state index in [1.807, 2.05) is 19.1 Å². The lowest BCUT2D eigenvalue weighted by Crippen LogP contribution is -2.29. The third-order valence-electron chi connectivity index (χ3n) is 5.83. The maximum Gasteiger partial charge on any atom is 0.339 e. The van der Waals surface area contributed by atoms with Crippen LogP contribution in [0.25, 0.3) is 11.0 Å². The number of amides is 1. The lowest BCUT2D eigenvalue weighted by atomic mass is 10.0. The van der Waals surface area contributed by atoms with Crippen LogP contribution in [0.5, 0.6) is 5.75 Å². The molecule has 0 saturated heterocycles. The van der Waals surface area contributed by atoms with Gasteiger partial charge in [-0.2, -0.15) is 0 Å². The van der Waals surface area contributed by atoms with Crippen LogP contribution in [0.1, 0.15) is 41.2 Å². The van der Waals surface area contributed by atoms with Gasteiger partial charge in [-0.25, -0.2) is 4.79 Å². The molecule has 0 radical (unpaired) electrons. The van der Waals surface area contributed by atoms with Crippen LogP contribution in [0.15, 0.2) is 21.3 Å². The van der Waals surface area contributed by atoms with Crippen molar-refractivity contribution < 1.29 is 13.9 Å². The first kappa shape index (κ1) is 17.9. The lowest BCUT2D eigenvalue weighted by molar-refractivity contribution is -0.123. The summed E-state index contributed by atoms with van der Waals surface area (Å²) in [5, 5.41) is 12.1. The van der Waals surface area contributed by atoms with Gasteiger partial charge in [0.25, 0.3) is 5.91 Å². The van der Waals surface area contributed by atoms with Gasteiger partial charge in [-0.15, -0.1) is 10.2 Å². The monoisotopic (exact) mass is 394 g/mol. The number of carbonyl (C=O) groups is 1. The zero-order valence-electron chi connectivity index (χ0n) is 16.3. The predicted octanol–water partition coefficient (Wildman–Crippen LogP) is 1.82. The topological polar surface area (TPSA) is 99.2 Å². The van der Waals surface area contributed by atoms with E-state index in [2.05, 4.69) is 20.1 Å². The fourth-order valence-electron chi connectivity index (χ4n) is 4.33. The van der Waals surface area contributed by atoms with Crippen molar-refractivity contribution in [3.8, 4) is 5.75 Å². The second-order valence-electron chi connectivity index (χ2n) is 7.62. The second-order valence-corrected chi connectivity index (χ2v) is 7.62. The first-order valence-electron chi connectivity index (χ1n) is 10.0. The molecule has 0 atom stereocenters. The number of hydrogen-bond donors (Lipinski definition) is 1. The van der Waals surface area contributed by atoms with Crippen molar-refractivity contribution in [2.45, 2.75) is 52.1 Å². The summed E-state index contributed by atoms with van der Waals surface area (Å²) in [6, 6.07) is 3.76. The maximum atomic E-state index is 12.2. The van der Waals surface area contributed by atoms with Crippen molar-refractivity contribution in [3.63, 3.8) is 0 Å². The Hall–Kier alpha value is -3.16. The van der Waals surface area contributed by atoms with E-state index in [4.69, 9.17) is 9.15 Å². The number of aromatic nitrogens is 3. The molecule has 8 heteroatoms. The highest BCUT2D eigenvalue weighted by Crippen LogP contribution is 2.32. The van der Waals surface area contributed by atoms with E-state index in [1.165, 1.54) is 0 Å². The molecule has 2 aromatic heterocycles. The first-order chi connectivity index (χ1) is 14.1. The van der Waals surface area contributed by atoms with Crippen molar-refractivity contribution in [2.24, 2.45) is 0 Å². The molecule has 5 rings (SSSR count). The van der Waals surface area contributed by atoms with E-state index in [0.717, 1.165) is 72.4 Å². The Morgan fingerprint density at radius 2 is 2.07 bits per heavy atom. The van der Waals surface area contributed by atoms with E-state index in [-0.39, 0.29) is 18.1 Å². The van der Waals surface area contributed by atoms with Gasteiger partial charge in [0.15, 0.2) is 12.4 Å². The Bertz CT molecular complexity index is 1180. The average molecular weight is 394 g/mol. The molecule has 0 unspecified atom stereocenters. The van der Waals surface area contributed by atoms with Gasteiger partial charge >= 0.3 is 5.63 Å². The molecule has 1 aromatic carbocycles. The third-order valence-corrected chi connectivity index (χ3v) is 5.83.